The van der Waals surface area contributed by atoms with Crippen LogP contribution in [0.2, 0.25) is 0 Å². The number of rotatable bonds is 2. The van der Waals surface area contributed by atoms with Crippen LogP contribution in [0.3, 0.4) is 0 Å². The predicted octanol–water partition coefficient (Wildman–Crippen LogP) is 5.75. The smallest absolute Gasteiger partial charge is 0.214 e. The second kappa shape index (κ2) is 5.67. The van der Waals surface area contributed by atoms with Gasteiger partial charge in [0.25, 0.3) is 0 Å². The molecule has 27 heavy (non-hydrogen) atoms. The predicted molar refractivity (Wildman–Crippen MR) is 113 cm³/mol. The molecule has 0 radical (unpaired) electrons. The summed E-state index contributed by atoms with van der Waals surface area (Å²) in [6.07, 6.45) is 0.927. The van der Waals surface area contributed by atoms with Crippen LogP contribution in [0.25, 0.3) is 32.7 Å². The highest BCUT2D eigenvalue weighted by Gasteiger charge is 2.20. The fourth-order valence-corrected chi connectivity index (χ4v) is 4.48. The molecular formula is C22H22N4S. The van der Waals surface area contributed by atoms with Crippen molar-refractivity contribution in [3.05, 3.63) is 59.1 Å². The van der Waals surface area contributed by atoms with Gasteiger partial charge in [0, 0.05) is 11.1 Å². The number of hydrogen-bond donors (Lipinski definition) is 0. The average molecular weight is 375 g/mol. The molecule has 0 aliphatic carbocycles. The molecule has 0 aliphatic heterocycles. The zero-order chi connectivity index (χ0) is 18.8. The lowest BCUT2D eigenvalue weighted by Gasteiger charge is -2.19. The number of aryl methyl sites for hydroxylation is 1. The number of hydrogen-bond acceptors (Lipinski definition) is 3. The summed E-state index contributed by atoms with van der Waals surface area (Å²) in [6, 6.07) is 17.3. The standard InChI is InChI=1S/C22H22N4S/c1-5-18-24-26-20-19(23-21(26)27-18)16-8-6-7-9-17(16)25(20)15-12-10-14(11-13-15)22(2,3)4/h6-13H,5H2,1-4H3. The van der Waals surface area contributed by atoms with Crippen molar-refractivity contribution in [3.8, 4) is 5.69 Å². The first-order chi connectivity index (χ1) is 13.0. The highest BCUT2D eigenvalue weighted by atomic mass is 32.1. The Balaban J connectivity index is 1.85. The van der Waals surface area contributed by atoms with Crippen LogP contribution in [0.4, 0.5) is 0 Å². The number of benzene rings is 2. The average Bonchev–Trinajstić information content (AvgIpc) is 3.29. The second-order valence-corrected chi connectivity index (χ2v) is 9.02. The number of para-hydroxylation sites is 1. The summed E-state index contributed by atoms with van der Waals surface area (Å²) in [7, 11) is 0. The van der Waals surface area contributed by atoms with Crippen molar-refractivity contribution in [2.24, 2.45) is 0 Å². The minimum Gasteiger partial charge on any atom is -0.292 e. The zero-order valence-corrected chi connectivity index (χ0v) is 16.8. The topological polar surface area (TPSA) is 35.1 Å². The molecule has 0 atom stereocenters. The highest BCUT2D eigenvalue weighted by Crippen LogP contribution is 2.34. The Kier molecular flexibility index (Phi) is 3.46. The number of aromatic nitrogens is 4. The maximum absolute atomic E-state index is 4.91. The van der Waals surface area contributed by atoms with Crippen LogP contribution in [-0.4, -0.2) is 19.2 Å². The molecule has 5 heteroatoms. The number of imidazole rings is 1. The van der Waals surface area contributed by atoms with E-state index in [1.54, 1.807) is 11.3 Å². The number of nitrogens with zero attached hydrogens (tertiary/aromatic N) is 4. The van der Waals surface area contributed by atoms with E-state index in [0.717, 1.165) is 33.2 Å². The SMILES string of the molecule is CCc1nn2c(nc3c4ccccc4n(-c4ccc(C(C)(C)C)cc4)c32)s1. The van der Waals surface area contributed by atoms with Crippen molar-refractivity contribution in [1.82, 2.24) is 19.2 Å². The third-order valence-electron chi connectivity index (χ3n) is 5.13. The molecule has 0 aliphatic rings. The zero-order valence-electron chi connectivity index (χ0n) is 16.0. The molecule has 0 fully saturated rings. The van der Waals surface area contributed by atoms with Crippen molar-refractivity contribution >= 4 is 38.4 Å². The first-order valence-electron chi connectivity index (χ1n) is 9.36. The lowest BCUT2D eigenvalue weighted by molar-refractivity contribution is 0.590. The molecule has 136 valence electrons. The van der Waals surface area contributed by atoms with E-state index in [0.29, 0.717) is 0 Å². The fraction of sp³-hybridized carbons (Fsp3) is 0.273. The molecule has 2 aromatic carbocycles. The largest absolute Gasteiger partial charge is 0.292 e. The summed E-state index contributed by atoms with van der Waals surface area (Å²) >= 11 is 1.67. The van der Waals surface area contributed by atoms with Gasteiger partial charge in [0.15, 0.2) is 5.65 Å². The maximum Gasteiger partial charge on any atom is 0.214 e. The van der Waals surface area contributed by atoms with Gasteiger partial charge in [0.1, 0.15) is 10.5 Å². The van der Waals surface area contributed by atoms with Crippen LogP contribution in [-0.2, 0) is 11.8 Å². The van der Waals surface area contributed by atoms with E-state index in [-0.39, 0.29) is 5.41 Å². The van der Waals surface area contributed by atoms with Crippen LogP contribution < -0.4 is 0 Å². The van der Waals surface area contributed by atoms with Gasteiger partial charge in [-0.2, -0.15) is 9.61 Å². The maximum atomic E-state index is 4.91. The highest BCUT2D eigenvalue weighted by molar-refractivity contribution is 7.16. The Labute approximate surface area is 162 Å². The monoisotopic (exact) mass is 374 g/mol. The summed E-state index contributed by atoms with van der Waals surface area (Å²) in [5.41, 5.74) is 5.85. The van der Waals surface area contributed by atoms with Gasteiger partial charge in [-0.3, -0.25) is 4.57 Å². The van der Waals surface area contributed by atoms with E-state index in [4.69, 9.17) is 10.1 Å². The van der Waals surface area contributed by atoms with Crippen molar-refractivity contribution < 1.29 is 0 Å². The fourth-order valence-electron chi connectivity index (χ4n) is 3.66. The van der Waals surface area contributed by atoms with Crippen molar-refractivity contribution in [2.45, 2.75) is 39.5 Å². The quantitative estimate of drug-likeness (QED) is 0.394. The van der Waals surface area contributed by atoms with Crippen LogP contribution >= 0.6 is 11.3 Å². The van der Waals surface area contributed by atoms with Gasteiger partial charge < -0.3 is 0 Å². The van der Waals surface area contributed by atoms with E-state index in [2.05, 4.69) is 80.8 Å². The van der Waals surface area contributed by atoms with Crippen LogP contribution in [0.5, 0.6) is 0 Å². The summed E-state index contributed by atoms with van der Waals surface area (Å²) in [5, 5.41) is 7.09. The van der Waals surface area contributed by atoms with E-state index in [1.807, 2.05) is 4.52 Å². The minimum atomic E-state index is 0.140. The molecule has 4 nitrogen and oxygen atoms in total. The second-order valence-electron chi connectivity index (χ2n) is 7.98. The van der Waals surface area contributed by atoms with Crippen molar-refractivity contribution in [1.29, 1.82) is 0 Å². The molecule has 3 aromatic heterocycles. The molecule has 0 saturated carbocycles. The van der Waals surface area contributed by atoms with E-state index >= 15 is 0 Å². The normalized spacial score (nSPS) is 12.6. The third-order valence-corrected chi connectivity index (χ3v) is 6.18. The Morgan fingerprint density at radius 3 is 2.44 bits per heavy atom. The molecule has 0 N–H and O–H groups in total. The van der Waals surface area contributed by atoms with Crippen molar-refractivity contribution in [3.63, 3.8) is 0 Å². The Hall–Kier alpha value is -2.66. The van der Waals surface area contributed by atoms with Crippen LogP contribution in [0.1, 0.15) is 38.3 Å². The van der Waals surface area contributed by atoms with Gasteiger partial charge in [-0.1, -0.05) is 69.4 Å². The van der Waals surface area contributed by atoms with E-state index < -0.39 is 0 Å². The summed E-state index contributed by atoms with van der Waals surface area (Å²) < 4.78 is 4.30. The summed E-state index contributed by atoms with van der Waals surface area (Å²) in [4.78, 5) is 5.87. The van der Waals surface area contributed by atoms with Crippen molar-refractivity contribution in [2.75, 3.05) is 0 Å². The first kappa shape index (κ1) is 16.5. The Morgan fingerprint density at radius 2 is 1.74 bits per heavy atom. The lowest BCUT2D eigenvalue weighted by atomic mass is 9.87. The Morgan fingerprint density at radius 1 is 1.00 bits per heavy atom. The van der Waals surface area contributed by atoms with Gasteiger partial charge in [-0.25, -0.2) is 4.98 Å². The van der Waals surface area contributed by atoms with Crippen LogP contribution in [0.15, 0.2) is 48.5 Å². The third kappa shape index (κ3) is 2.42. The van der Waals surface area contributed by atoms with E-state index in [9.17, 15) is 0 Å². The van der Waals surface area contributed by atoms with Gasteiger partial charge in [-0.05, 0) is 35.6 Å². The van der Waals surface area contributed by atoms with Crippen LogP contribution in [0, 0.1) is 0 Å². The summed E-state index contributed by atoms with van der Waals surface area (Å²) in [5.74, 6) is 0. The Bertz CT molecular complexity index is 1280. The van der Waals surface area contributed by atoms with Gasteiger partial charge in [0.2, 0.25) is 4.96 Å². The lowest BCUT2D eigenvalue weighted by Crippen LogP contribution is -2.10. The molecule has 0 spiro atoms. The molecule has 0 bridgehead atoms. The minimum absolute atomic E-state index is 0.140. The molecule has 0 unspecified atom stereocenters. The summed E-state index contributed by atoms with van der Waals surface area (Å²) in [6.45, 7) is 8.87. The molecular weight excluding hydrogens is 352 g/mol. The van der Waals surface area contributed by atoms with Gasteiger partial charge in [-0.15, -0.1) is 0 Å². The molecule has 0 saturated heterocycles. The molecule has 5 rings (SSSR count). The first-order valence-corrected chi connectivity index (χ1v) is 10.2. The van der Waals surface area contributed by atoms with E-state index in [1.165, 1.54) is 16.5 Å². The van der Waals surface area contributed by atoms with Gasteiger partial charge >= 0.3 is 0 Å². The molecule has 5 aromatic rings. The molecule has 3 heterocycles. The number of fused-ring (bicyclic) bond motifs is 5. The van der Waals surface area contributed by atoms with Gasteiger partial charge in [0.05, 0.1) is 5.52 Å². The molecule has 0 amide bonds.